The summed E-state index contributed by atoms with van der Waals surface area (Å²) < 4.78 is 5.60. The molecule has 0 atom stereocenters. The number of aliphatic imine (C=N–C) groups is 1. The van der Waals surface area contributed by atoms with E-state index in [1.807, 2.05) is 43.3 Å². The van der Waals surface area contributed by atoms with Gasteiger partial charge in [0.1, 0.15) is 0 Å². The summed E-state index contributed by atoms with van der Waals surface area (Å²) in [5, 5.41) is 20.2. The van der Waals surface area contributed by atoms with Crippen molar-refractivity contribution in [1.82, 2.24) is 4.90 Å². The number of aromatic hydroxyl groups is 1. The normalized spacial score (nSPS) is 15.4. The van der Waals surface area contributed by atoms with Crippen LogP contribution < -0.4 is 4.74 Å². The second-order valence-corrected chi connectivity index (χ2v) is 9.20. The average molecular weight is 515 g/mol. The molecule has 0 aromatic heterocycles. The van der Waals surface area contributed by atoms with Gasteiger partial charge in [0, 0.05) is 5.56 Å². The highest BCUT2D eigenvalue weighted by atomic mass is 32.2. The quantitative estimate of drug-likeness (QED) is 0.268. The summed E-state index contributed by atoms with van der Waals surface area (Å²) in [5.74, 6) is -0.824. The Labute approximate surface area is 219 Å². The monoisotopic (exact) mass is 514 g/mol. The number of aromatic carboxylic acids is 1. The smallest absolute Gasteiger partial charge is 0.335 e. The van der Waals surface area contributed by atoms with Crippen molar-refractivity contribution in [2.24, 2.45) is 4.99 Å². The molecule has 1 fully saturated rings. The first kappa shape index (κ1) is 25.8. The zero-order valence-corrected chi connectivity index (χ0v) is 21.1. The van der Waals surface area contributed by atoms with Crippen LogP contribution in [0.15, 0.2) is 89.3 Å². The first-order chi connectivity index (χ1) is 17.9. The van der Waals surface area contributed by atoms with E-state index in [1.165, 1.54) is 23.9 Å². The molecule has 1 aliphatic rings. The van der Waals surface area contributed by atoms with Crippen LogP contribution in [0.4, 0.5) is 5.69 Å². The lowest BCUT2D eigenvalue weighted by Gasteiger charge is -2.16. The summed E-state index contributed by atoms with van der Waals surface area (Å²) in [7, 11) is 0. The molecule has 2 N–H and O–H groups in total. The topological polar surface area (TPSA) is 99.4 Å². The molecule has 3 aromatic rings. The minimum Gasteiger partial charge on any atom is -0.504 e. The van der Waals surface area contributed by atoms with Gasteiger partial charge < -0.3 is 14.9 Å². The molecule has 3 aromatic carbocycles. The summed E-state index contributed by atoms with van der Waals surface area (Å²) in [6.07, 6.45) is 3.90. The minimum absolute atomic E-state index is 0.0621. The van der Waals surface area contributed by atoms with Crippen LogP contribution in [0, 0.1) is 0 Å². The van der Waals surface area contributed by atoms with Crippen LogP contribution in [0.1, 0.15) is 34.0 Å². The van der Waals surface area contributed by atoms with Gasteiger partial charge in [-0.05, 0) is 78.7 Å². The second-order valence-electron chi connectivity index (χ2n) is 8.19. The van der Waals surface area contributed by atoms with Crippen molar-refractivity contribution >= 4 is 40.6 Å². The van der Waals surface area contributed by atoms with Gasteiger partial charge in [-0.15, -0.1) is 6.58 Å². The second kappa shape index (κ2) is 11.6. The number of hydrogen-bond acceptors (Lipinski definition) is 6. The van der Waals surface area contributed by atoms with E-state index in [4.69, 9.17) is 9.73 Å². The number of allylic oxidation sites excluding steroid dienone is 1. The number of phenols is 1. The highest BCUT2D eigenvalue weighted by Crippen LogP contribution is 2.38. The molecule has 188 valence electrons. The number of thioether (sulfide) groups is 1. The van der Waals surface area contributed by atoms with Gasteiger partial charge in [0.2, 0.25) is 0 Å². The van der Waals surface area contributed by atoms with Gasteiger partial charge in [-0.1, -0.05) is 36.4 Å². The number of amidine groups is 1. The molecule has 1 aliphatic heterocycles. The molecule has 1 amide bonds. The maximum atomic E-state index is 13.5. The number of para-hydroxylation sites is 1. The fourth-order valence-corrected chi connectivity index (χ4v) is 4.78. The molecule has 0 saturated carbocycles. The molecular formula is C29H26N2O5S. The molecule has 4 rings (SSSR count). The number of rotatable bonds is 9. The third-order valence-electron chi connectivity index (χ3n) is 5.55. The number of carbonyl (C=O) groups is 2. The van der Waals surface area contributed by atoms with E-state index in [-0.39, 0.29) is 23.8 Å². The Balaban J connectivity index is 1.72. The van der Waals surface area contributed by atoms with Gasteiger partial charge in [0.25, 0.3) is 5.91 Å². The van der Waals surface area contributed by atoms with Crippen molar-refractivity contribution in [2.75, 3.05) is 6.61 Å². The van der Waals surface area contributed by atoms with Crippen molar-refractivity contribution in [3.8, 4) is 11.5 Å². The Morgan fingerprint density at radius 1 is 1.14 bits per heavy atom. The van der Waals surface area contributed by atoms with Crippen LogP contribution in [-0.4, -0.2) is 38.8 Å². The number of hydrogen-bond donors (Lipinski definition) is 2. The molecule has 7 nitrogen and oxygen atoms in total. The molecule has 37 heavy (non-hydrogen) atoms. The van der Waals surface area contributed by atoms with Crippen molar-refractivity contribution in [1.29, 1.82) is 0 Å². The number of phenolic OH excluding ortho intramolecular Hbond substituents is 1. The van der Waals surface area contributed by atoms with Crippen LogP contribution >= 0.6 is 11.8 Å². The standard InChI is InChI=1S/C29H26N2O5S/c1-3-8-22-15-20(16-24(26(22)32)36-4-2)17-25-27(33)31(18-19-11-13-21(14-12-19)28(34)35)29(37-25)30-23-9-6-5-7-10-23/h3,5-7,9-17,32H,1,4,8,18H2,2H3,(H,34,35)/b25-17-,30-29?. The van der Waals surface area contributed by atoms with Crippen LogP contribution in [0.5, 0.6) is 11.5 Å². The molecule has 0 unspecified atom stereocenters. The van der Waals surface area contributed by atoms with Gasteiger partial charge in [0.05, 0.1) is 29.3 Å². The minimum atomic E-state index is -1.01. The largest absolute Gasteiger partial charge is 0.504 e. The Kier molecular flexibility index (Phi) is 8.10. The fraction of sp³-hybridized carbons (Fsp3) is 0.138. The molecule has 1 saturated heterocycles. The van der Waals surface area contributed by atoms with E-state index >= 15 is 0 Å². The molecule has 1 heterocycles. The Hall–Kier alpha value is -4.30. The first-order valence-corrected chi connectivity index (χ1v) is 12.5. The van der Waals surface area contributed by atoms with Crippen LogP contribution in [0.25, 0.3) is 6.08 Å². The first-order valence-electron chi connectivity index (χ1n) is 11.7. The maximum Gasteiger partial charge on any atom is 0.335 e. The lowest BCUT2D eigenvalue weighted by molar-refractivity contribution is -0.122. The number of carboxylic acid groups (broad SMARTS) is 1. The number of ether oxygens (including phenoxy) is 1. The lowest BCUT2D eigenvalue weighted by atomic mass is 10.0. The average Bonchev–Trinajstić information content (AvgIpc) is 3.16. The molecule has 0 spiro atoms. The van der Waals surface area contributed by atoms with Gasteiger partial charge >= 0.3 is 5.97 Å². The van der Waals surface area contributed by atoms with E-state index in [1.54, 1.807) is 35.3 Å². The predicted octanol–water partition coefficient (Wildman–Crippen LogP) is 6.02. The van der Waals surface area contributed by atoms with E-state index in [2.05, 4.69) is 6.58 Å². The van der Waals surface area contributed by atoms with E-state index in [0.29, 0.717) is 45.7 Å². The van der Waals surface area contributed by atoms with Gasteiger partial charge in [-0.3, -0.25) is 9.69 Å². The molecule has 0 bridgehead atoms. The summed E-state index contributed by atoms with van der Waals surface area (Å²) in [4.78, 5) is 31.5. The van der Waals surface area contributed by atoms with Gasteiger partial charge in [0.15, 0.2) is 16.7 Å². The Morgan fingerprint density at radius 3 is 2.51 bits per heavy atom. The summed E-state index contributed by atoms with van der Waals surface area (Å²) in [6.45, 7) is 6.20. The van der Waals surface area contributed by atoms with Crippen molar-refractivity contribution in [2.45, 2.75) is 19.9 Å². The third kappa shape index (κ3) is 6.10. The highest BCUT2D eigenvalue weighted by Gasteiger charge is 2.33. The zero-order valence-electron chi connectivity index (χ0n) is 20.3. The van der Waals surface area contributed by atoms with Crippen LogP contribution in [0.2, 0.25) is 0 Å². The van der Waals surface area contributed by atoms with E-state index in [0.717, 1.165) is 5.56 Å². The highest BCUT2D eigenvalue weighted by molar-refractivity contribution is 8.18. The number of amides is 1. The van der Waals surface area contributed by atoms with Crippen molar-refractivity contribution in [3.63, 3.8) is 0 Å². The third-order valence-corrected chi connectivity index (χ3v) is 6.56. The Morgan fingerprint density at radius 2 is 1.86 bits per heavy atom. The SMILES string of the molecule is C=CCc1cc(/C=C2\SC(=Nc3ccccc3)N(Cc3ccc(C(=O)O)cc3)C2=O)cc(OCC)c1O. The van der Waals surface area contributed by atoms with Crippen molar-refractivity contribution < 1.29 is 24.5 Å². The molecule has 0 aliphatic carbocycles. The van der Waals surface area contributed by atoms with E-state index < -0.39 is 5.97 Å². The van der Waals surface area contributed by atoms with Crippen molar-refractivity contribution in [3.05, 3.63) is 107 Å². The number of nitrogens with zero attached hydrogens (tertiary/aromatic N) is 2. The summed E-state index contributed by atoms with van der Waals surface area (Å²) in [6, 6.07) is 19.3. The van der Waals surface area contributed by atoms with Crippen LogP contribution in [0.3, 0.4) is 0 Å². The molecule has 0 radical (unpaired) electrons. The van der Waals surface area contributed by atoms with Gasteiger partial charge in [-0.2, -0.15) is 0 Å². The van der Waals surface area contributed by atoms with E-state index in [9.17, 15) is 19.8 Å². The fourth-order valence-electron chi connectivity index (χ4n) is 3.78. The zero-order chi connectivity index (χ0) is 26.4. The number of carbonyl (C=O) groups excluding carboxylic acids is 1. The summed E-state index contributed by atoms with van der Waals surface area (Å²) in [5.41, 5.74) is 3.02. The maximum absolute atomic E-state index is 13.5. The molecule has 8 heteroatoms. The molecular weight excluding hydrogens is 488 g/mol. The predicted molar refractivity (Wildman–Crippen MR) is 146 cm³/mol. The Bertz CT molecular complexity index is 1380. The van der Waals surface area contributed by atoms with Gasteiger partial charge in [-0.25, -0.2) is 9.79 Å². The van der Waals surface area contributed by atoms with Crippen LogP contribution in [-0.2, 0) is 17.8 Å². The summed E-state index contributed by atoms with van der Waals surface area (Å²) >= 11 is 1.26. The lowest BCUT2D eigenvalue weighted by Crippen LogP contribution is -2.28. The number of benzene rings is 3. The number of carboxylic acids is 1.